The third-order valence-corrected chi connectivity index (χ3v) is 3.19. The van der Waals surface area contributed by atoms with E-state index >= 15 is 0 Å². The number of rotatable bonds is 8. The standard InChI is InChI=1S/C15H24FNO2/c1-15(2,8-5-9-18)11-17-10-12-6-4-7-13(19-3)14(12)16/h4,6-7,17-18H,5,8-11H2,1-3H3. The molecule has 1 rings (SSSR count). The average molecular weight is 269 g/mol. The van der Waals surface area contributed by atoms with E-state index in [4.69, 9.17) is 9.84 Å². The van der Waals surface area contributed by atoms with Crippen LogP contribution >= 0.6 is 0 Å². The molecule has 0 saturated heterocycles. The molecule has 0 fully saturated rings. The number of nitrogens with one attached hydrogen (secondary N) is 1. The maximum absolute atomic E-state index is 13.9. The summed E-state index contributed by atoms with van der Waals surface area (Å²) in [6.07, 6.45) is 1.74. The van der Waals surface area contributed by atoms with E-state index in [-0.39, 0.29) is 23.6 Å². The van der Waals surface area contributed by atoms with Gasteiger partial charge in [0.2, 0.25) is 0 Å². The number of methoxy groups -OCH3 is 1. The summed E-state index contributed by atoms with van der Waals surface area (Å²) < 4.78 is 18.9. The van der Waals surface area contributed by atoms with Crippen molar-refractivity contribution in [1.82, 2.24) is 5.32 Å². The van der Waals surface area contributed by atoms with E-state index in [9.17, 15) is 4.39 Å². The van der Waals surface area contributed by atoms with E-state index in [1.807, 2.05) is 0 Å². The predicted molar refractivity (Wildman–Crippen MR) is 74.8 cm³/mol. The zero-order chi connectivity index (χ0) is 14.3. The van der Waals surface area contributed by atoms with E-state index in [2.05, 4.69) is 19.2 Å². The summed E-state index contributed by atoms with van der Waals surface area (Å²) in [4.78, 5) is 0. The molecule has 0 aliphatic heterocycles. The second kappa shape index (κ2) is 7.46. The van der Waals surface area contributed by atoms with E-state index in [1.165, 1.54) is 7.11 Å². The van der Waals surface area contributed by atoms with E-state index in [0.717, 1.165) is 19.4 Å². The summed E-state index contributed by atoms with van der Waals surface area (Å²) in [6, 6.07) is 5.16. The Morgan fingerprint density at radius 3 is 2.74 bits per heavy atom. The Morgan fingerprint density at radius 1 is 1.37 bits per heavy atom. The summed E-state index contributed by atoms with van der Waals surface area (Å²) in [6.45, 7) is 5.75. The van der Waals surface area contributed by atoms with Crippen molar-refractivity contribution >= 4 is 0 Å². The monoisotopic (exact) mass is 269 g/mol. The summed E-state index contributed by atoms with van der Waals surface area (Å²) in [5.41, 5.74) is 0.704. The van der Waals surface area contributed by atoms with Crippen molar-refractivity contribution in [2.75, 3.05) is 20.3 Å². The fourth-order valence-electron chi connectivity index (χ4n) is 2.03. The maximum Gasteiger partial charge on any atom is 0.169 e. The molecule has 0 atom stereocenters. The Morgan fingerprint density at radius 2 is 2.11 bits per heavy atom. The average Bonchev–Trinajstić information content (AvgIpc) is 2.38. The van der Waals surface area contributed by atoms with Crippen molar-refractivity contribution in [2.24, 2.45) is 5.41 Å². The lowest BCUT2D eigenvalue weighted by Gasteiger charge is -2.24. The first-order valence-corrected chi connectivity index (χ1v) is 6.63. The van der Waals surface area contributed by atoms with Gasteiger partial charge in [-0.05, 0) is 24.3 Å². The second-order valence-electron chi connectivity index (χ2n) is 5.53. The van der Waals surface area contributed by atoms with Crippen LogP contribution in [0, 0.1) is 11.2 Å². The lowest BCUT2D eigenvalue weighted by molar-refractivity contribution is 0.236. The van der Waals surface area contributed by atoms with Crippen LogP contribution in [-0.2, 0) is 6.54 Å². The number of ether oxygens (including phenoxy) is 1. The molecule has 4 heteroatoms. The van der Waals surface area contributed by atoms with Gasteiger partial charge in [-0.1, -0.05) is 26.0 Å². The zero-order valence-corrected chi connectivity index (χ0v) is 12.0. The fraction of sp³-hybridized carbons (Fsp3) is 0.600. The van der Waals surface area contributed by atoms with Crippen molar-refractivity contribution < 1.29 is 14.2 Å². The van der Waals surface area contributed by atoms with Crippen molar-refractivity contribution in [3.63, 3.8) is 0 Å². The zero-order valence-electron chi connectivity index (χ0n) is 12.0. The molecule has 1 aromatic rings. The van der Waals surface area contributed by atoms with Gasteiger partial charge >= 0.3 is 0 Å². The first-order valence-electron chi connectivity index (χ1n) is 6.63. The van der Waals surface area contributed by atoms with E-state index in [0.29, 0.717) is 12.1 Å². The summed E-state index contributed by atoms with van der Waals surface area (Å²) in [5, 5.41) is 12.1. The normalized spacial score (nSPS) is 11.6. The Balaban J connectivity index is 2.49. The van der Waals surface area contributed by atoms with Crippen LogP contribution in [0.2, 0.25) is 0 Å². The molecule has 0 aromatic heterocycles. The summed E-state index contributed by atoms with van der Waals surface area (Å²) in [7, 11) is 1.47. The fourth-order valence-corrected chi connectivity index (χ4v) is 2.03. The molecule has 19 heavy (non-hydrogen) atoms. The van der Waals surface area contributed by atoms with Gasteiger partial charge in [0.25, 0.3) is 0 Å². The quantitative estimate of drug-likeness (QED) is 0.762. The Kier molecular flexibility index (Phi) is 6.25. The third kappa shape index (κ3) is 5.17. The minimum Gasteiger partial charge on any atom is -0.494 e. The molecular formula is C15H24FNO2. The van der Waals surface area contributed by atoms with Gasteiger partial charge in [0, 0.05) is 25.3 Å². The number of hydrogen-bond donors (Lipinski definition) is 2. The smallest absolute Gasteiger partial charge is 0.169 e. The molecule has 2 N–H and O–H groups in total. The molecule has 0 unspecified atom stereocenters. The van der Waals surface area contributed by atoms with Crippen LogP contribution in [0.4, 0.5) is 4.39 Å². The van der Waals surface area contributed by atoms with Crippen LogP contribution in [0.15, 0.2) is 18.2 Å². The van der Waals surface area contributed by atoms with Gasteiger partial charge in [-0.15, -0.1) is 0 Å². The van der Waals surface area contributed by atoms with Crippen molar-refractivity contribution in [1.29, 1.82) is 0 Å². The number of benzene rings is 1. The van der Waals surface area contributed by atoms with Gasteiger partial charge in [0.05, 0.1) is 7.11 Å². The molecule has 108 valence electrons. The minimum atomic E-state index is -0.300. The number of hydrogen-bond acceptors (Lipinski definition) is 3. The van der Waals surface area contributed by atoms with Crippen LogP contribution in [0.3, 0.4) is 0 Å². The summed E-state index contributed by atoms with van der Waals surface area (Å²) in [5.74, 6) is -0.0236. The molecule has 0 spiro atoms. The minimum absolute atomic E-state index is 0.0953. The van der Waals surface area contributed by atoms with Gasteiger partial charge in [0.1, 0.15) is 0 Å². The number of aliphatic hydroxyl groups is 1. The van der Waals surface area contributed by atoms with Crippen LogP contribution in [0.25, 0.3) is 0 Å². The molecule has 0 saturated carbocycles. The predicted octanol–water partition coefficient (Wildman–Crippen LogP) is 2.72. The highest BCUT2D eigenvalue weighted by atomic mass is 19.1. The van der Waals surface area contributed by atoms with Crippen LogP contribution < -0.4 is 10.1 Å². The van der Waals surface area contributed by atoms with Crippen LogP contribution in [0.1, 0.15) is 32.3 Å². The molecule has 0 aliphatic carbocycles. The van der Waals surface area contributed by atoms with Gasteiger partial charge in [-0.3, -0.25) is 0 Å². The molecular weight excluding hydrogens is 245 g/mol. The Hall–Kier alpha value is -1.13. The Bertz CT molecular complexity index is 394. The van der Waals surface area contributed by atoms with Gasteiger partial charge < -0.3 is 15.2 Å². The molecule has 0 heterocycles. The number of halogens is 1. The first-order chi connectivity index (χ1) is 9.00. The SMILES string of the molecule is COc1cccc(CNCC(C)(C)CCCO)c1F. The molecule has 0 amide bonds. The molecule has 1 aromatic carbocycles. The third-order valence-electron chi connectivity index (χ3n) is 3.19. The van der Waals surface area contributed by atoms with E-state index in [1.54, 1.807) is 18.2 Å². The highest BCUT2D eigenvalue weighted by Gasteiger charge is 2.17. The topological polar surface area (TPSA) is 41.5 Å². The van der Waals surface area contributed by atoms with E-state index < -0.39 is 0 Å². The Labute approximate surface area is 114 Å². The largest absolute Gasteiger partial charge is 0.494 e. The lowest BCUT2D eigenvalue weighted by Crippen LogP contribution is -2.29. The van der Waals surface area contributed by atoms with Gasteiger partial charge in [-0.25, -0.2) is 4.39 Å². The maximum atomic E-state index is 13.9. The highest BCUT2D eigenvalue weighted by Crippen LogP contribution is 2.22. The molecule has 3 nitrogen and oxygen atoms in total. The van der Waals surface area contributed by atoms with Gasteiger partial charge in [0.15, 0.2) is 11.6 Å². The van der Waals surface area contributed by atoms with Crippen LogP contribution in [0.5, 0.6) is 5.75 Å². The van der Waals surface area contributed by atoms with Crippen molar-refractivity contribution in [2.45, 2.75) is 33.2 Å². The lowest BCUT2D eigenvalue weighted by atomic mass is 9.88. The van der Waals surface area contributed by atoms with Crippen LogP contribution in [-0.4, -0.2) is 25.4 Å². The molecule has 0 radical (unpaired) electrons. The van der Waals surface area contributed by atoms with Crippen molar-refractivity contribution in [3.05, 3.63) is 29.6 Å². The molecule has 0 bridgehead atoms. The number of aliphatic hydroxyl groups excluding tert-OH is 1. The molecule has 0 aliphatic rings. The highest BCUT2D eigenvalue weighted by molar-refractivity contribution is 5.30. The van der Waals surface area contributed by atoms with Gasteiger partial charge in [-0.2, -0.15) is 0 Å². The summed E-state index contributed by atoms with van der Waals surface area (Å²) >= 11 is 0. The first kappa shape index (κ1) is 15.9. The second-order valence-corrected chi connectivity index (χ2v) is 5.53. The van der Waals surface area contributed by atoms with Crippen molar-refractivity contribution in [3.8, 4) is 5.75 Å².